The fourth-order valence-corrected chi connectivity index (χ4v) is 9.02. The number of hydrogen-bond donors (Lipinski definition) is 0. The molecule has 0 aliphatic heterocycles. The summed E-state index contributed by atoms with van der Waals surface area (Å²) in [6.07, 6.45) is 0. The van der Waals surface area contributed by atoms with Gasteiger partial charge in [-0.2, -0.15) is 0 Å². The molecule has 0 N–H and O–H groups in total. The molecule has 0 fully saturated rings. The number of rotatable bonds is 3. The van der Waals surface area contributed by atoms with Crippen LogP contribution in [-0.2, 0) is 5.41 Å². The SMILES string of the molecule is CC1(C)c2ccccc2-c2c(-c3nc(-n4c5cc(-c6ccccc6)c6ccccc6c5c5ccc6ccccc6c54)nc4ccccc34)cccc21. The second-order valence-electron chi connectivity index (χ2n) is 14.5. The minimum absolute atomic E-state index is 0.117. The van der Waals surface area contributed by atoms with E-state index < -0.39 is 0 Å². The van der Waals surface area contributed by atoms with E-state index in [1.54, 1.807) is 0 Å². The van der Waals surface area contributed by atoms with E-state index in [1.165, 1.54) is 65.7 Å². The maximum Gasteiger partial charge on any atom is 0.235 e. The molecule has 0 bridgehead atoms. The molecule has 2 aromatic heterocycles. The molecule has 0 amide bonds. The highest BCUT2D eigenvalue weighted by molar-refractivity contribution is 6.28. The van der Waals surface area contributed by atoms with E-state index in [-0.39, 0.29) is 5.41 Å². The van der Waals surface area contributed by atoms with Gasteiger partial charge in [0.1, 0.15) is 0 Å². The average Bonchev–Trinajstić information content (AvgIpc) is 3.66. The van der Waals surface area contributed by atoms with Crippen molar-refractivity contribution in [1.82, 2.24) is 14.5 Å². The monoisotopic (exact) mass is 663 g/mol. The lowest BCUT2D eigenvalue weighted by Gasteiger charge is -2.21. The zero-order valence-corrected chi connectivity index (χ0v) is 28.9. The summed E-state index contributed by atoms with van der Waals surface area (Å²) in [5, 5.41) is 8.27. The molecule has 0 saturated heterocycles. The molecule has 10 aromatic rings. The first-order chi connectivity index (χ1) is 25.6. The zero-order valence-electron chi connectivity index (χ0n) is 28.9. The van der Waals surface area contributed by atoms with Gasteiger partial charge in [-0.25, -0.2) is 9.97 Å². The zero-order chi connectivity index (χ0) is 34.6. The molecular formula is C49H33N3. The van der Waals surface area contributed by atoms with Gasteiger partial charge >= 0.3 is 0 Å². The number of fused-ring (bicyclic) bond motifs is 11. The molecule has 2 heterocycles. The van der Waals surface area contributed by atoms with Gasteiger partial charge in [-0.1, -0.05) is 166 Å². The van der Waals surface area contributed by atoms with E-state index in [1.807, 2.05) is 0 Å². The molecule has 3 heteroatoms. The van der Waals surface area contributed by atoms with Crippen molar-refractivity contribution < 1.29 is 0 Å². The highest BCUT2D eigenvalue weighted by Crippen LogP contribution is 2.52. The molecule has 11 rings (SSSR count). The third-order valence-electron chi connectivity index (χ3n) is 11.4. The molecule has 3 nitrogen and oxygen atoms in total. The Morgan fingerprint density at radius 3 is 2.02 bits per heavy atom. The Bertz CT molecular complexity index is 3100. The molecule has 1 aliphatic carbocycles. The molecule has 244 valence electrons. The summed E-state index contributed by atoms with van der Waals surface area (Å²) in [5.74, 6) is 0.669. The van der Waals surface area contributed by atoms with Gasteiger partial charge in [-0.3, -0.25) is 4.57 Å². The van der Waals surface area contributed by atoms with Gasteiger partial charge in [-0.05, 0) is 61.7 Å². The summed E-state index contributed by atoms with van der Waals surface area (Å²) in [7, 11) is 0. The third kappa shape index (κ3) is 3.96. The topological polar surface area (TPSA) is 30.7 Å². The fourth-order valence-electron chi connectivity index (χ4n) is 9.02. The minimum atomic E-state index is -0.117. The largest absolute Gasteiger partial charge is 0.277 e. The summed E-state index contributed by atoms with van der Waals surface area (Å²) in [6, 6.07) is 59.2. The molecule has 0 atom stereocenters. The van der Waals surface area contributed by atoms with Crippen LogP contribution < -0.4 is 0 Å². The predicted molar refractivity (Wildman–Crippen MR) is 217 cm³/mol. The maximum atomic E-state index is 5.65. The molecule has 0 unspecified atom stereocenters. The van der Waals surface area contributed by atoms with E-state index in [9.17, 15) is 0 Å². The Kier molecular flexibility index (Phi) is 6.01. The Labute approximate surface area is 301 Å². The second-order valence-corrected chi connectivity index (χ2v) is 14.5. The first kappa shape index (κ1) is 29.2. The van der Waals surface area contributed by atoms with Crippen LogP contribution in [0.1, 0.15) is 25.0 Å². The number of para-hydroxylation sites is 1. The van der Waals surface area contributed by atoms with Crippen molar-refractivity contribution in [2.45, 2.75) is 19.3 Å². The number of hydrogen-bond acceptors (Lipinski definition) is 2. The highest BCUT2D eigenvalue weighted by Gasteiger charge is 2.37. The maximum absolute atomic E-state index is 5.65. The Morgan fingerprint density at radius 2 is 1.15 bits per heavy atom. The van der Waals surface area contributed by atoms with Crippen LogP contribution in [0.2, 0.25) is 0 Å². The average molecular weight is 664 g/mol. The smallest absolute Gasteiger partial charge is 0.235 e. The van der Waals surface area contributed by atoms with Crippen molar-refractivity contribution in [1.29, 1.82) is 0 Å². The Morgan fingerprint density at radius 1 is 0.481 bits per heavy atom. The van der Waals surface area contributed by atoms with Crippen molar-refractivity contribution in [3.8, 4) is 39.5 Å². The molecule has 52 heavy (non-hydrogen) atoms. The standard InChI is InChI=1S/C49H33N3/c1-49(2)40-24-12-10-21-35(40)44-37(23-14-25-41(44)49)46-36-22-11-13-26-42(36)50-48(51-46)52-43-29-39(30-15-4-3-5-16-30)33-19-8-9-20-34(33)45(43)38-28-27-31-17-6-7-18-32(31)47(38)52/h3-29H,1-2H3. The van der Waals surface area contributed by atoms with E-state index in [0.717, 1.165) is 33.2 Å². The summed E-state index contributed by atoms with van der Waals surface area (Å²) in [5.41, 5.74) is 12.7. The van der Waals surface area contributed by atoms with Gasteiger partial charge < -0.3 is 0 Å². The van der Waals surface area contributed by atoms with Crippen LogP contribution in [0, 0.1) is 0 Å². The van der Waals surface area contributed by atoms with Crippen LogP contribution in [0.15, 0.2) is 164 Å². The van der Waals surface area contributed by atoms with Crippen molar-refractivity contribution in [3.05, 3.63) is 175 Å². The molecular weight excluding hydrogens is 631 g/mol. The molecule has 8 aromatic carbocycles. The first-order valence-electron chi connectivity index (χ1n) is 18.0. The van der Waals surface area contributed by atoms with Crippen LogP contribution in [0.25, 0.3) is 93.7 Å². The first-order valence-corrected chi connectivity index (χ1v) is 18.0. The van der Waals surface area contributed by atoms with Crippen molar-refractivity contribution >= 4 is 54.3 Å². The number of nitrogens with zero attached hydrogens (tertiary/aromatic N) is 3. The lowest BCUT2D eigenvalue weighted by molar-refractivity contribution is 0.660. The van der Waals surface area contributed by atoms with Crippen LogP contribution in [0.4, 0.5) is 0 Å². The lowest BCUT2D eigenvalue weighted by atomic mass is 9.82. The Hall–Kier alpha value is -6.58. The van der Waals surface area contributed by atoms with Gasteiger partial charge in [0.2, 0.25) is 5.95 Å². The van der Waals surface area contributed by atoms with Crippen LogP contribution >= 0.6 is 0 Å². The summed E-state index contributed by atoms with van der Waals surface area (Å²) >= 11 is 0. The summed E-state index contributed by atoms with van der Waals surface area (Å²) in [6.45, 7) is 4.67. The second kappa shape index (κ2) is 10.7. The van der Waals surface area contributed by atoms with Crippen LogP contribution in [0.3, 0.4) is 0 Å². The van der Waals surface area contributed by atoms with Crippen molar-refractivity contribution in [2.24, 2.45) is 0 Å². The van der Waals surface area contributed by atoms with Crippen molar-refractivity contribution in [3.63, 3.8) is 0 Å². The lowest BCUT2D eigenvalue weighted by Crippen LogP contribution is -2.14. The molecule has 0 spiro atoms. The number of aromatic nitrogens is 3. The normalized spacial score (nSPS) is 13.3. The summed E-state index contributed by atoms with van der Waals surface area (Å²) < 4.78 is 2.34. The van der Waals surface area contributed by atoms with E-state index in [4.69, 9.17) is 9.97 Å². The minimum Gasteiger partial charge on any atom is -0.277 e. The van der Waals surface area contributed by atoms with Crippen molar-refractivity contribution in [2.75, 3.05) is 0 Å². The van der Waals surface area contributed by atoms with Gasteiger partial charge in [0, 0.05) is 32.5 Å². The van der Waals surface area contributed by atoms with Crippen LogP contribution in [-0.4, -0.2) is 14.5 Å². The van der Waals surface area contributed by atoms with Gasteiger partial charge in [0.15, 0.2) is 0 Å². The number of benzene rings is 8. The van der Waals surface area contributed by atoms with Crippen LogP contribution in [0.5, 0.6) is 0 Å². The van der Waals surface area contributed by atoms with Gasteiger partial charge in [-0.15, -0.1) is 0 Å². The third-order valence-corrected chi connectivity index (χ3v) is 11.4. The molecule has 1 aliphatic rings. The molecule has 0 radical (unpaired) electrons. The van der Waals surface area contributed by atoms with E-state index in [0.29, 0.717) is 5.95 Å². The predicted octanol–water partition coefficient (Wildman–Crippen LogP) is 12.7. The van der Waals surface area contributed by atoms with Gasteiger partial charge in [0.05, 0.1) is 22.2 Å². The van der Waals surface area contributed by atoms with Gasteiger partial charge in [0.25, 0.3) is 0 Å². The van der Waals surface area contributed by atoms with E-state index in [2.05, 4.69) is 182 Å². The molecule has 0 saturated carbocycles. The fraction of sp³-hybridized carbons (Fsp3) is 0.0612. The van der Waals surface area contributed by atoms with E-state index >= 15 is 0 Å². The Balaban J connectivity index is 1.31. The highest BCUT2D eigenvalue weighted by atomic mass is 15.2. The summed E-state index contributed by atoms with van der Waals surface area (Å²) in [4.78, 5) is 11.1. The quantitative estimate of drug-likeness (QED) is 0.188.